The molecule has 0 radical (unpaired) electrons. The van der Waals surface area contributed by atoms with Crippen LogP contribution >= 0.6 is 22.9 Å². The first-order chi connectivity index (χ1) is 9.04. The average molecular weight is 298 g/mol. The van der Waals surface area contributed by atoms with Crippen molar-refractivity contribution in [1.29, 1.82) is 0 Å². The average Bonchev–Trinajstić information content (AvgIpc) is 2.86. The van der Waals surface area contributed by atoms with Crippen LogP contribution in [0.5, 0.6) is 0 Å². The first-order valence-electron chi connectivity index (χ1n) is 6.58. The summed E-state index contributed by atoms with van der Waals surface area (Å²) >= 11 is 8.14. The van der Waals surface area contributed by atoms with Gasteiger partial charge in [-0.2, -0.15) is 0 Å². The number of hydrogen-bond donors (Lipinski definition) is 1. The van der Waals surface area contributed by atoms with E-state index in [0.29, 0.717) is 0 Å². The van der Waals surface area contributed by atoms with Gasteiger partial charge in [0.05, 0.1) is 11.1 Å². The minimum Gasteiger partial charge on any atom is -0.466 e. The predicted octanol–water partition coefficient (Wildman–Crippen LogP) is 5.01. The molecule has 4 heteroatoms. The molecule has 2 heterocycles. The third kappa shape index (κ3) is 3.04. The Kier molecular flexibility index (Phi) is 4.71. The maximum absolute atomic E-state index is 6.43. The zero-order valence-electron chi connectivity index (χ0n) is 11.8. The number of nitrogens with one attached hydrogen (secondary N) is 1. The van der Waals surface area contributed by atoms with E-state index in [1.165, 1.54) is 10.4 Å². The highest BCUT2D eigenvalue weighted by Crippen LogP contribution is 2.37. The fourth-order valence-corrected chi connectivity index (χ4v) is 3.61. The molecular weight excluding hydrogens is 278 g/mol. The Morgan fingerprint density at radius 1 is 1.37 bits per heavy atom. The molecule has 0 aliphatic carbocycles. The Morgan fingerprint density at radius 3 is 2.58 bits per heavy atom. The van der Waals surface area contributed by atoms with Gasteiger partial charge in [0.25, 0.3) is 0 Å². The van der Waals surface area contributed by atoms with Gasteiger partial charge >= 0.3 is 0 Å². The molecule has 1 atom stereocenters. The molecule has 1 N–H and O–H groups in total. The fourth-order valence-electron chi connectivity index (χ4n) is 2.21. The molecule has 2 rings (SSSR count). The molecule has 0 saturated heterocycles. The second-order valence-corrected chi connectivity index (χ2v) is 6.14. The maximum Gasteiger partial charge on any atom is 0.106 e. The summed E-state index contributed by atoms with van der Waals surface area (Å²) in [6.45, 7) is 9.17. The molecule has 0 aliphatic heterocycles. The molecule has 0 saturated carbocycles. The van der Waals surface area contributed by atoms with E-state index in [0.717, 1.165) is 35.1 Å². The zero-order chi connectivity index (χ0) is 14.0. The number of furan rings is 1. The van der Waals surface area contributed by atoms with Gasteiger partial charge in [0, 0.05) is 10.4 Å². The molecule has 2 aromatic rings. The van der Waals surface area contributed by atoms with Gasteiger partial charge in [0.15, 0.2) is 0 Å². The van der Waals surface area contributed by atoms with Crippen molar-refractivity contribution in [3.8, 4) is 0 Å². The van der Waals surface area contributed by atoms with Gasteiger partial charge in [-0.05, 0) is 50.7 Å². The van der Waals surface area contributed by atoms with Crippen LogP contribution in [0.15, 0.2) is 15.9 Å². The second kappa shape index (κ2) is 6.12. The van der Waals surface area contributed by atoms with Crippen molar-refractivity contribution in [1.82, 2.24) is 5.32 Å². The first-order valence-corrected chi connectivity index (χ1v) is 7.84. The highest BCUT2D eigenvalue weighted by atomic mass is 35.5. The molecule has 0 amide bonds. The van der Waals surface area contributed by atoms with E-state index >= 15 is 0 Å². The second-order valence-electron chi connectivity index (χ2n) is 4.85. The number of rotatable bonds is 5. The van der Waals surface area contributed by atoms with Crippen molar-refractivity contribution < 1.29 is 4.42 Å². The highest BCUT2D eigenvalue weighted by Gasteiger charge is 2.23. The zero-order valence-corrected chi connectivity index (χ0v) is 13.4. The molecule has 0 bridgehead atoms. The van der Waals surface area contributed by atoms with Crippen molar-refractivity contribution in [2.75, 3.05) is 6.54 Å². The molecule has 0 spiro atoms. The van der Waals surface area contributed by atoms with E-state index in [9.17, 15) is 0 Å². The lowest BCUT2D eigenvalue weighted by atomic mass is 10.1. The van der Waals surface area contributed by atoms with Gasteiger partial charge in [0.2, 0.25) is 0 Å². The summed E-state index contributed by atoms with van der Waals surface area (Å²) in [5.41, 5.74) is 2.33. The Bertz CT molecular complexity index is 556. The monoisotopic (exact) mass is 297 g/mol. The smallest absolute Gasteiger partial charge is 0.106 e. The van der Waals surface area contributed by atoms with E-state index in [1.54, 1.807) is 11.3 Å². The summed E-state index contributed by atoms with van der Waals surface area (Å²) in [5, 5.41) is 6.56. The predicted molar refractivity (Wildman–Crippen MR) is 82.4 cm³/mol. The summed E-state index contributed by atoms with van der Waals surface area (Å²) in [4.78, 5) is 1.18. The molecule has 0 fully saturated rings. The van der Waals surface area contributed by atoms with E-state index in [4.69, 9.17) is 16.0 Å². The van der Waals surface area contributed by atoms with Crippen molar-refractivity contribution in [3.05, 3.63) is 44.0 Å². The topological polar surface area (TPSA) is 25.2 Å². The van der Waals surface area contributed by atoms with E-state index in [1.807, 2.05) is 20.8 Å². The van der Waals surface area contributed by atoms with Crippen LogP contribution in [0.25, 0.3) is 0 Å². The van der Waals surface area contributed by atoms with Gasteiger partial charge in [-0.3, -0.25) is 0 Å². The van der Waals surface area contributed by atoms with Crippen LogP contribution in [0.2, 0.25) is 5.02 Å². The first kappa shape index (κ1) is 14.6. The van der Waals surface area contributed by atoms with Crippen molar-refractivity contribution in [2.45, 2.75) is 40.2 Å². The van der Waals surface area contributed by atoms with E-state index < -0.39 is 0 Å². The summed E-state index contributed by atoms with van der Waals surface area (Å²) < 4.78 is 5.67. The Balaban J connectivity index is 2.41. The number of hydrogen-bond acceptors (Lipinski definition) is 3. The summed E-state index contributed by atoms with van der Waals surface area (Å²) in [5.74, 6) is 1.91. The molecular formula is C15H20ClNOS. The largest absolute Gasteiger partial charge is 0.466 e. The highest BCUT2D eigenvalue weighted by molar-refractivity contribution is 7.10. The SMILES string of the molecule is CCCNC(c1cc(C)oc1C)c1scc(C)c1Cl. The maximum atomic E-state index is 6.43. The number of thiophene rings is 1. The lowest BCUT2D eigenvalue weighted by Crippen LogP contribution is -2.22. The molecule has 104 valence electrons. The van der Waals surface area contributed by atoms with Crippen LogP contribution in [-0.2, 0) is 0 Å². The van der Waals surface area contributed by atoms with Crippen LogP contribution in [0, 0.1) is 20.8 Å². The molecule has 0 aliphatic rings. The molecule has 2 nitrogen and oxygen atoms in total. The Labute approximate surface area is 123 Å². The van der Waals surface area contributed by atoms with Gasteiger partial charge < -0.3 is 9.73 Å². The van der Waals surface area contributed by atoms with Gasteiger partial charge in [-0.25, -0.2) is 0 Å². The standard InChI is InChI=1S/C15H20ClNOS/c1-5-6-17-14(12-7-10(3)18-11(12)4)15-13(16)9(2)8-19-15/h7-8,14,17H,5-6H2,1-4H3. The third-order valence-electron chi connectivity index (χ3n) is 3.18. The Hall–Kier alpha value is -0.770. The van der Waals surface area contributed by atoms with Crippen LogP contribution in [0.3, 0.4) is 0 Å². The van der Waals surface area contributed by atoms with Crippen molar-refractivity contribution >= 4 is 22.9 Å². The van der Waals surface area contributed by atoms with Crippen molar-refractivity contribution in [3.63, 3.8) is 0 Å². The summed E-state index contributed by atoms with van der Waals surface area (Å²) in [7, 11) is 0. The van der Waals surface area contributed by atoms with Gasteiger partial charge in [-0.15, -0.1) is 11.3 Å². The van der Waals surface area contributed by atoms with Crippen LogP contribution in [-0.4, -0.2) is 6.54 Å². The minimum atomic E-state index is 0.128. The lowest BCUT2D eigenvalue weighted by molar-refractivity contribution is 0.494. The molecule has 2 aromatic heterocycles. The Morgan fingerprint density at radius 2 is 2.11 bits per heavy atom. The summed E-state index contributed by atoms with van der Waals surface area (Å²) in [6, 6.07) is 2.23. The minimum absolute atomic E-state index is 0.128. The molecule has 19 heavy (non-hydrogen) atoms. The van der Waals surface area contributed by atoms with E-state index in [-0.39, 0.29) is 6.04 Å². The van der Waals surface area contributed by atoms with E-state index in [2.05, 4.69) is 23.7 Å². The molecule has 1 unspecified atom stereocenters. The quantitative estimate of drug-likeness (QED) is 0.839. The van der Waals surface area contributed by atoms with Crippen LogP contribution in [0.4, 0.5) is 0 Å². The van der Waals surface area contributed by atoms with Crippen LogP contribution < -0.4 is 5.32 Å². The molecule has 0 aromatic carbocycles. The number of aryl methyl sites for hydroxylation is 3. The van der Waals surface area contributed by atoms with Crippen molar-refractivity contribution in [2.24, 2.45) is 0 Å². The fraction of sp³-hybridized carbons (Fsp3) is 0.467. The third-order valence-corrected chi connectivity index (χ3v) is 4.96. The normalized spacial score (nSPS) is 12.9. The van der Waals surface area contributed by atoms with Gasteiger partial charge in [0.1, 0.15) is 11.5 Å². The number of halogens is 1. The van der Waals surface area contributed by atoms with Gasteiger partial charge in [-0.1, -0.05) is 18.5 Å². The van der Waals surface area contributed by atoms with Crippen LogP contribution in [0.1, 0.15) is 46.9 Å². The summed E-state index contributed by atoms with van der Waals surface area (Å²) in [6.07, 6.45) is 1.09. The lowest BCUT2D eigenvalue weighted by Gasteiger charge is -2.17.